The normalized spacial score (nSPS) is 18.8. The molecule has 1 saturated heterocycles. The van der Waals surface area contributed by atoms with Crippen LogP contribution in [0.5, 0.6) is 5.75 Å². The van der Waals surface area contributed by atoms with Crippen molar-refractivity contribution < 1.29 is 10.2 Å². The number of hydrogen-bond donors (Lipinski definition) is 3. The van der Waals surface area contributed by atoms with Crippen LogP contribution < -0.4 is 5.32 Å². The fourth-order valence-electron chi connectivity index (χ4n) is 2.60. The van der Waals surface area contributed by atoms with Gasteiger partial charge in [-0.05, 0) is 37.9 Å². The third-order valence-electron chi connectivity index (χ3n) is 3.62. The molecule has 5 heteroatoms. The molecule has 3 nitrogen and oxygen atoms in total. The SMILES string of the molecule is OCC(c1cc(Cl)c(Cl)cc1O)C1CCNCC1. The molecule has 1 aromatic carbocycles. The smallest absolute Gasteiger partial charge is 0.120 e. The second-order valence-electron chi connectivity index (χ2n) is 4.70. The molecule has 0 amide bonds. The number of rotatable bonds is 3. The van der Waals surface area contributed by atoms with E-state index in [0.717, 1.165) is 25.9 Å². The number of hydrogen-bond acceptors (Lipinski definition) is 3. The first-order chi connectivity index (χ1) is 8.63. The van der Waals surface area contributed by atoms with Crippen LogP contribution in [0.2, 0.25) is 10.0 Å². The molecule has 0 aliphatic carbocycles. The van der Waals surface area contributed by atoms with E-state index >= 15 is 0 Å². The van der Waals surface area contributed by atoms with Gasteiger partial charge in [-0.1, -0.05) is 23.2 Å². The van der Waals surface area contributed by atoms with E-state index in [2.05, 4.69) is 5.32 Å². The quantitative estimate of drug-likeness (QED) is 0.802. The summed E-state index contributed by atoms with van der Waals surface area (Å²) in [6.07, 6.45) is 1.98. The summed E-state index contributed by atoms with van der Waals surface area (Å²) in [5.74, 6) is 0.392. The Hall–Kier alpha value is -0.480. The number of piperidine rings is 1. The van der Waals surface area contributed by atoms with E-state index in [4.69, 9.17) is 23.2 Å². The molecule has 0 radical (unpaired) electrons. The average Bonchev–Trinajstić information content (AvgIpc) is 2.38. The molecule has 1 aliphatic heterocycles. The topological polar surface area (TPSA) is 52.5 Å². The summed E-state index contributed by atoms with van der Waals surface area (Å²) in [7, 11) is 0. The van der Waals surface area contributed by atoms with Gasteiger partial charge in [-0.3, -0.25) is 0 Å². The minimum Gasteiger partial charge on any atom is -0.508 e. The molecule has 3 N–H and O–H groups in total. The molecular formula is C13H17Cl2NO2. The van der Waals surface area contributed by atoms with Crippen LogP contribution in [0.25, 0.3) is 0 Å². The molecule has 0 saturated carbocycles. The van der Waals surface area contributed by atoms with Crippen molar-refractivity contribution in [3.63, 3.8) is 0 Å². The lowest BCUT2D eigenvalue weighted by Gasteiger charge is -2.30. The molecule has 0 bridgehead atoms. The van der Waals surface area contributed by atoms with Gasteiger partial charge in [-0.25, -0.2) is 0 Å². The zero-order chi connectivity index (χ0) is 13.1. The number of nitrogens with one attached hydrogen (secondary N) is 1. The highest BCUT2D eigenvalue weighted by Crippen LogP contribution is 2.39. The molecule has 0 spiro atoms. The number of benzene rings is 1. The summed E-state index contributed by atoms with van der Waals surface area (Å²) in [6, 6.07) is 3.12. The molecule has 1 aliphatic rings. The molecule has 100 valence electrons. The molecule has 1 aromatic rings. The van der Waals surface area contributed by atoms with Crippen molar-refractivity contribution in [1.82, 2.24) is 5.32 Å². The number of aliphatic hydroxyl groups excluding tert-OH is 1. The Morgan fingerprint density at radius 2 is 1.83 bits per heavy atom. The number of aromatic hydroxyl groups is 1. The Kier molecular flexibility index (Phi) is 4.73. The molecule has 1 fully saturated rings. The maximum absolute atomic E-state index is 9.98. The van der Waals surface area contributed by atoms with Crippen molar-refractivity contribution in [2.45, 2.75) is 18.8 Å². The van der Waals surface area contributed by atoms with Gasteiger partial charge in [-0.15, -0.1) is 0 Å². The van der Waals surface area contributed by atoms with E-state index in [-0.39, 0.29) is 18.3 Å². The van der Waals surface area contributed by atoms with E-state index in [1.54, 1.807) is 6.07 Å². The van der Waals surface area contributed by atoms with Crippen molar-refractivity contribution in [2.24, 2.45) is 5.92 Å². The van der Waals surface area contributed by atoms with Crippen molar-refractivity contribution in [3.05, 3.63) is 27.7 Å². The van der Waals surface area contributed by atoms with Crippen LogP contribution in [-0.4, -0.2) is 29.9 Å². The summed E-state index contributed by atoms with van der Waals surface area (Å²) >= 11 is 11.8. The lowest BCUT2D eigenvalue weighted by molar-refractivity contribution is 0.199. The molecule has 1 atom stereocenters. The molecule has 18 heavy (non-hydrogen) atoms. The van der Waals surface area contributed by atoms with Gasteiger partial charge in [-0.2, -0.15) is 0 Å². The highest BCUT2D eigenvalue weighted by Gasteiger charge is 2.27. The zero-order valence-electron chi connectivity index (χ0n) is 10.00. The zero-order valence-corrected chi connectivity index (χ0v) is 11.5. The predicted molar refractivity (Wildman–Crippen MR) is 73.5 cm³/mol. The molecule has 2 rings (SSSR count). The predicted octanol–water partition coefficient (Wildman–Crippen LogP) is 2.77. The van der Waals surface area contributed by atoms with Crippen molar-refractivity contribution in [1.29, 1.82) is 0 Å². The molecular weight excluding hydrogens is 273 g/mol. The van der Waals surface area contributed by atoms with Gasteiger partial charge in [0.05, 0.1) is 16.7 Å². The fourth-order valence-corrected chi connectivity index (χ4v) is 2.93. The van der Waals surface area contributed by atoms with E-state index in [9.17, 15) is 10.2 Å². The Morgan fingerprint density at radius 1 is 1.22 bits per heavy atom. The Balaban J connectivity index is 2.28. The van der Waals surface area contributed by atoms with Crippen LogP contribution >= 0.6 is 23.2 Å². The van der Waals surface area contributed by atoms with Crippen molar-refractivity contribution >= 4 is 23.2 Å². The number of phenols is 1. The fraction of sp³-hybridized carbons (Fsp3) is 0.538. The first-order valence-corrected chi connectivity index (χ1v) is 6.88. The van der Waals surface area contributed by atoms with E-state index in [1.807, 2.05) is 0 Å². The van der Waals surface area contributed by atoms with Crippen LogP contribution in [0.15, 0.2) is 12.1 Å². The van der Waals surface area contributed by atoms with Gasteiger partial charge in [0.1, 0.15) is 5.75 Å². The first-order valence-electron chi connectivity index (χ1n) is 6.13. The lowest BCUT2D eigenvalue weighted by Crippen LogP contribution is -2.32. The molecule has 1 heterocycles. The third kappa shape index (κ3) is 2.91. The van der Waals surface area contributed by atoms with Crippen LogP contribution in [0.3, 0.4) is 0 Å². The summed E-state index contributed by atoms with van der Waals surface area (Å²) in [5, 5.41) is 23.6. The number of aliphatic hydroxyl groups is 1. The van der Waals surface area contributed by atoms with Gasteiger partial charge in [0.15, 0.2) is 0 Å². The molecule has 0 aromatic heterocycles. The maximum atomic E-state index is 9.98. The van der Waals surface area contributed by atoms with Gasteiger partial charge in [0.2, 0.25) is 0 Å². The highest BCUT2D eigenvalue weighted by atomic mass is 35.5. The third-order valence-corrected chi connectivity index (χ3v) is 4.34. The van der Waals surface area contributed by atoms with Gasteiger partial charge in [0, 0.05) is 17.5 Å². The van der Waals surface area contributed by atoms with Crippen molar-refractivity contribution in [3.8, 4) is 5.75 Å². The van der Waals surface area contributed by atoms with Crippen LogP contribution in [-0.2, 0) is 0 Å². The van der Waals surface area contributed by atoms with Crippen LogP contribution in [0.1, 0.15) is 24.3 Å². The van der Waals surface area contributed by atoms with Crippen LogP contribution in [0.4, 0.5) is 0 Å². The summed E-state index contributed by atoms with van der Waals surface area (Å²) < 4.78 is 0. The summed E-state index contributed by atoms with van der Waals surface area (Å²) in [6.45, 7) is 1.91. The Morgan fingerprint density at radius 3 is 2.44 bits per heavy atom. The summed E-state index contributed by atoms with van der Waals surface area (Å²) in [5.41, 5.74) is 0.693. The van der Waals surface area contributed by atoms with Gasteiger partial charge >= 0.3 is 0 Å². The van der Waals surface area contributed by atoms with E-state index < -0.39 is 0 Å². The second-order valence-corrected chi connectivity index (χ2v) is 5.52. The van der Waals surface area contributed by atoms with Gasteiger partial charge < -0.3 is 15.5 Å². The second kappa shape index (κ2) is 6.11. The number of phenolic OH excluding ortho intramolecular Hbond substituents is 1. The van der Waals surface area contributed by atoms with Gasteiger partial charge in [0.25, 0.3) is 0 Å². The minimum absolute atomic E-state index is 0.0101. The highest BCUT2D eigenvalue weighted by molar-refractivity contribution is 6.42. The molecule has 1 unspecified atom stereocenters. The Bertz CT molecular complexity index is 420. The lowest BCUT2D eigenvalue weighted by atomic mass is 9.80. The minimum atomic E-state index is -0.0816. The standard InChI is InChI=1S/C13H17Cl2NO2/c14-11-5-9(13(18)6-12(11)15)10(7-17)8-1-3-16-4-2-8/h5-6,8,10,16-18H,1-4,7H2. The summed E-state index contributed by atoms with van der Waals surface area (Å²) in [4.78, 5) is 0. The number of halogens is 2. The Labute approximate surface area is 117 Å². The van der Waals surface area contributed by atoms with E-state index in [0.29, 0.717) is 21.5 Å². The average molecular weight is 290 g/mol. The van der Waals surface area contributed by atoms with E-state index in [1.165, 1.54) is 6.07 Å². The van der Waals surface area contributed by atoms with Crippen molar-refractivity contribution in [2.75, 3.05) is 19.7 Å². The maximum Gasteiger partial charge on any atom is 0.120 e. The largest absolute Gasteiger partial charge is 0.508 e. The first kappa shape index (κ1) is 13.9. The van der Waals surface area contributed by atoms with Crippen LogP contribution in [0, 0.1) is 5.92 Å². The monoisotopic (exact) mass is 289 g/mol.